The molecule has 0 radical (unpaired) electrons. The molecule has 3 rings (SSSR count). The molecule has 1 aliphatic carbocycles. The molecular formula is C20H30N2O2. The number of carbonyl (C=O) groups excluding carboxylic acids is 1. The van der Waals surface area contributed by atoms with Crippen LogP contribution in [-0.2, 0) is 11.2 Å². The van der Waals surface area contributed by atoms with Gasteiger partial charge in [-0.3, -0.25) is 9.69 Å². The average Bonchev–Trinajstić information content (AvgIpc) is 3.16. The van der Waals surface area contributed by atoms with Crippen molar-refractivity contribution in [3.8, 4) is 5.75 Å². The zero-order chi connectivity index (χ0) is 16.9. The van der Waals surface area contributed by atoms with Crippen LogP contribution in [0, 0.1) is 0 Å². The molecule has 2 aliphatic rings. The molecule has 24 heavy (non-hydrogen) atoms. The molecule has 0 spiro atoms. The van der Waals surface area contributed by atoms with E-state index in [0.717, 1.165) is 17.7 Å². The van der Waals surface area contributed by atoms with Gasteiger partial charge in [0.25, 0.3) is 0 Å². The maximum atomic E-state index is 12.9. The summed E-state index contributed by atoms with van der Waals surface area (Å²) in [5.41, 5.74) is 0.977. The molecule has 0 unspecified atom stereocenters. The molecule has 2 fully saturated rings. The monoisotopic (exact) mass is 330 g/mol. The minimum absolute atomic E-state index is 0.204. The van der Waals surface area contributed by atoms with Crippen LogP contribution in [0.2, 0.25) is 0 Å². The highest BCUT2D eigenvalue weighted by atomic mass is 16.5. The Kier molecular flexibility index (Phi) is 5.77. The summed E-state index contributed by atoms with van der Waals surface area (Å²) in [4.78, 5) is 17.5. The van der Waals surface area contributed by atoms with Crippen LogP contribution in [0.1, 0.15) is 44.1 Å². The quantitative estimate of drug-likeness (QED) is 0.832. The third-order valence-electron chi connectivity index (χ3n) is 5.73. The van der Waals surface area contributed by atoms with E-state index in [4.69, 9.17) is 4.74 Å². The first-order valence-electron chi connectivity index (χ1n) is 9.32. The lowest BCUT2D eigenvalue weighted by Gasteiger charge is -2.42. The van der Waals surface area contributed by atoms with Crippen LogP contribution in [0.3, 0.4) is 0 Å². The van der Waals surface area contributed by atoms with Crippen LogP contribution < -0.4 is 4.74 Å². The van der Waals surface area contributed by atoms with E-state index in [0.29, 0.717) is 18.5 Å². The molecule has 1 aromatic carbocycles. The van der Waals surface area contributed by atoms with E-state index in [9.17, 15) is 4.79 Å². The van der Waals surface area contributed by atoms with Gasteiger partial charge in [0.15, 0.2) is 0 Å². The number of benzene rings is 1. The van der Waals surface area contributed by atoms with E-state index in [1.165, 1.54) is 45.2 Å². The van der Waals surface area contributed by atoms with Crippen molar-refractivity contribution in [3.05, 3.63) is 29.8 Å². The van der Waals surface area contributed by atoms with Crippen molar-refractivity contribution in [3.63, 3.8) is 0 Å². The molecular weight excluding hydrogens is 300 g/mol. The number of ether oxygens (including phenoxy) is 1. The Hall–Kier alpha value is -1.55. The zero-order valence-electron chi connectivity index (χ0n) is 15.0. The fourth-order valence-electron chi connectivity index (χ4n) is 4.36. The van der Waals surface area contributed by atoms with Crippen LogP contribution in [0.5, 0.6) is 5.75 Å². The average molecular weight is 330 g/mol. The second-order valence-corrected chi connectivity index (χ2v) is 7.16. The number of hydrogen-bond donors (Lipinski definition) is 0. The number of amides is 1. The van der Waals surface area contributed by atoms with Crippen molar-refractivity contribution in [1.82, 2.24) is 9.80 Å². The van der Waals surface area contributed by atoms with Crippen molar-refractivity contribution in [2.75, 3.05) is 27.2 Å². The Morgan fingerprint density at radius 3 is 2.62 bits per heavy atom. The van der Waals surface area contributed by atoms with Gasteiger partial charge >= 0.3 is 0 Å². The Bertz CT molecular complexity index is 554. The highest BCUT2D eigenvalue weighted by molar-refractivity contribution is 5.79. The molecule has 1 saturated carbocycles. The van der Waals surface area contributed by atoms with Crippen molar-refractivity contribution >= 4 is 5.91 Å². The molecule has 1 amide bonds. The number of hydrogen-bond acceptors (Lipinski definition) is 3. The predicted octanol–water partition coefficient (Wildman–Crippen LogP) is 3.10. The van der Waals surface area contributed by atoms with Gasteiger partial charge in [0.05, 0.1) is 13.5 Å². The van der Waals surface area contributed by atoms with E-state index in [1.54, 1.807) is 7.11 Å². The SMILES string of the molecule is COc1ccccc1CC(=O)N(C)[C@@H]1CCCC[C@@H]1N1CCCC1. The number of methoxy groups -OCH3 is 1. The largest absolute Gasteiger partial charge is 0.496 e. The summed E-state index contributed by atoms with van der Waals surface area (Å²) in [5, 5.41) is 0. The highest BCUT2D eigenvalue weighted by Gasteiger charge is 2.35. The van der Waals surface area contributed by atoms with Gasteiger partial charge in [-0.15, -0.1) is 0 Å². The van der Waals surface area contributed by atoms with Crippen molar-refractivity contribution in [2.24, 2.45) is 0 Å². The first-order chi connectivity index (χ1) is 11.7. The van der Waals surface area contributed by atoms with Crippen LogP contribution in [0.15, 0.2) is 24.3 Å². The third kappa shape index (κ3) is 3.75. The van der Waals surface area contributed by atoms with Crippen LogP contribution in [-0.4, -0.2) is 55.0 Å². The van der Waals surface area contributed by atoms with Crippen molar-refractivity contribution < 1.29 is 9.53 Å². The predicted molar refractivity (Wildman–Crippen MR) is 96.3 cm³/mol. The topological polar surface area (TPSA) is 32.8 Å². The lowest BCUT2D eigenvalue weighted by Crippen LogP contribution is -2.53. The van der Waals surface area contributed by atoms with Gasteiger partial charge in [0.1, 0.15) is 5.75 Å². The molecule has 132 valence electrons. The summed E-state index contributed by atoms with van der Waals surface area (Å²) in [6.45, 7) is 2.41. The number of nitrogens with zero attached hydrogens (tertiary/aromatic N) is 2. The fourth-order valence-corrected chi connectivity index (χ4v) is 4.36. The maximum Gasteiger partial charge on any atom is 0.227 e. The highest BCUT2D eigenvalue weighted by Crippen LogP contribution is 2.29. The lowest BCUT2D eigenvalue weighted by atomic mass is 9.88. The third-order valence-corrected chi connectivity index (χ3v) is 5.73. The molecule has 4 nitrogen and oxygen atoms in total. The smallest absolute Gasteiger partial charge is 0.227 e. The second kappa shape index (κ2) is 8.02. The minimum atomic E-state index is 0.204. The van der Waals surface area contributed by atoms with Crippen LogP contribution in [0.25, 0.3) is 0 Å². The van der Waals surface area contributed by atoms with Gasteiger partial charge in [0, 0.05) is 24.7 Å². The van der Waals surface area contributed by atoms with E-state index >= 15 is 0 Å². The number of carbonyl (C=O) groups is 1. The van der Waals surface area contributed by atoms with Crippen molar-refractivity contribution in [1.29, 1.82) is 0 Å². The van der Waals surface area contributed by atoms with Gasteiger partial charge < -0.3 is 9.64 Å². The number of rotatable bonds is 5. The Balaban J connectivity index is 1.69. The summed E-state index contributed by atoms with van der Waals surface area (Å²) >= 11 is 0. The van der Waals surface area contributed by atoms with Crippen LogP contribution in [0.4, 0.5) is 0 Å². The first-order valence-corrected chi connectivity index (χ1v) is 9.32. The summed E-state index contributed by atoms with van der Waals surface area (Å²) < 4.78 is 5.39. The molecule has 1 heterocycles. The Morgan fingerprint density at radius 2 is 1.88 bits per heavy atom. The molecule has 1 aromatic rings. The molecule has 1 aliphatic heterocycles. The second-order valence-electron chi connectivity index (χ2n) is 7.16. The molecule has 0 aromatic heterocycles. The zero-order valence-corrected chi connectivity index (χ0v) is 15.0. The standard InChI is InChI=1S/C20H30N2O2/c1-21(20(23)15-16-9-3-6-12-19(16)24-2)17-10-4-5-11-18(17)22-13-7-8-14-22/h3,6,9,12,17-18H,4-5,7-8,10-11,13-15H2,1-2H3/t17-,18+/m1/s1. The number of likely N-dealkylation sites (N-methyl/N-ethyl adjacent to an activating group) is 1. The van der Waals surface area contributed by atoms with E-state index in [2.05, 4.69) is 4.90 Å². The Labute approximate surface area is 145 Å². The van der Waals surface area contributed by atoms with Gasteiger partial charge in [0.2, 0.25) is 5.91 Å². The van der Waals surface area contributed by atoms with Gasteiger partial charge in [-0.25, -0.2) is 0 Å². The molecule has 0 N–H and O–H groups in total. The first kappa shape index (κ1) is 17.3. The number of likely N-dealkylation sites (tertiary alicyclic amines) is 1. The Morgan fingerprint density at radius 1 is 1.17 bits per heavy atom. The molecule has 0 bridgehead atoms. The van der Waals surface area contributed by atoms with Gasteiger partial charge in [-0.2, -0.15) is 0 Å². The molecule has 1 saturated heterocycles. The maximum absolute atomic E-state index is 12.9. The molecule has 4 heteroatoms. The summed E-state index contributed by atoms with van der Waals surface area (Å²) in [6.07, 6.45) is 7.94. The van der Waals surface area contributed by atoms with E-state index < -0.39 is 0 Å². The normalized spacial score (nSPS) is 24.8. The molecule has 2 atom stereocenters. The van der Waals surface area contributed by atoms with Gasteiger partial charge in [-0.05, 0) is 44.8 Å². The summed E-state index contributed by atoms with van der Waals surface area (Å²) in [7, 11) is 3.66. The fraction of sp³-hybridized carbons (Fsp3) is 0.650. The minimum Gasteiger partial charge on any atom is -0.496 e. The van der Waals surface area contributed by atoms with E-state index in [1.807, 2.05) is 36.2 Å². The lowest BCUT2D eigenvalue weighted by molar-refractivity contribution is -0.133. The summed E-state index contributed by atoms with van der Waals surface area (Å²) in [5.74, 6) is 1.01. The van der Waals surface area contributed by atoms with Crippen LogP contribution >= 0.6 is 0 Å². The van der Waals surface area contributed by atoms with Gasteiger partial charge in [-0.1, -0.05) is 31.0 Å². The van der Waals surface area contributed by atoms with Crippen molar-refractivity contribution in [2.45, 2.75) is 57.0 Å². The van der Waals surface area contributed by atoms with E-state index in [-0.39, 0.29) is 5.91 Å². The summed E-state index contributed by atoms with van der Waals surface area (Å²) in [6, 6.07) is 8.74. The number of para-hydroxylation sites is 1.